The van der Waals surface area contributed by atoms with Crippen molar-refractivity contribution >= 4 is 0 Å². The van der Waals surface area contributed by atoms with Crippen molar-refractivity contribution in [2.24, 2.45) is 0 Å². The molecule has 0 aliphatic rings. The van der Waals surface area contributed by atoms with Crippen LogP contribution in [-0.2, 0) is 0 Å². The van der Waals surface area contributed by atoms with Gasteiger partial charge in [-0.2, -0.15) is 0 Å². The van der Waals surface area contributed by atoms with Gasteiger partial charge in [-0.05, 0) is 71.4 Å². The van der Waals surface area contributed by atoms with Gasteiger partial charge in [-0.1, -0.05) is 20.3 Å². The van der Waals surface area contributed by atoms with Gasteiger partial charge < -0.3 is 16.0 Å². The largest absolute Gasteiger partial charge is 0.317 e. The molecule has 3 N–H and O–H groups in total. The third-order valence-electron chi connectivity index (χ3n) is 2.87. The standard InChI is InChI=1S/C14H33N3/c1-3-5-10-16-12-8-9-14-17-13-7-6-11-15-4-2/h15-17H,3-14H2,1-2H3. The van der Waals surface area contributed by atoms with Crippen LogP contribution in [0.1, 0.15) is 52.4 Å². The first-order valence-corrected chi connectivity index (χ1v) is 7.54. The van der Waals surface area contributed by atoms with Gasteiger partial charge in [0.05, 0.1) is 0 Å². The Kier molecular flexibility index (Phi) is 15.8. The average Bonchev–Trinajstić information content (AvgIpc) is 2.35. The van der Waals surface area contributed by atoms with Crippen LogP contribution in [0.25, 0.3) is 0 Å². The molecule has 0 aromatic heterocycles. The van der Waals surface area contributed by atoms with E-state index in [2.05, 4.69) is 29.8 Å². The molecule has 17 heavy (non-hydrogen) atoms. The SMILES string of the molecule is CCCCNCCCCNCCCCNCC. The Morgan fingerprint density at radius 1 is 0.529 bits per heavy atom. The van der Waals surface area contributed by atoms with E-state index in [1.807, 2.05) is 0 Å². The normalized spacial score (nSPS) is 10.9. The van der Waals surface area contributed by atoms with Gasteiger partial charge in [0, 0.05) is 0 Å². The highest BCUT2D eigenvalue weighted by Gasteiger charge is 1.91. The van der Waals surface area contributed by atoms with E-state index in [0.717, 1.165) is 6.54 Å². The lowest BCUT2D eigenvalue weighted by molar-refractivity contribution is 0.552. The minimum atomic E-state index is 1.10. The summed E-state index contributed by atoms with van der Waals surface area (Å²) >= 11 is 0. The van der Waals surface area contributed by atoms with E-state index in [-0.39, 0.29) is 0 Å². The second kappa shape index (κ2) is 15.9. The summed E-state index contributed by atoms with van der Waals surface area (Å²) in [5.41, 5.74) is 0. The average molecular weight is 243 g/mol. The molecule has 0 saturated carbocycles. The van der Waals surface area contributed by atoms with E-state index in [4.69, 9.17) is 0 Å². The van der Waals surface area contributed by atoms with E-state index in [1.165, 1.54) is 71.2 Å². The molecule has 0 aliphatic carbocycles. The van der Waals surface area contributed by atoms with Crippen molar-refractivity contribution in [2.75, 3.05) is 39.3 Å². The third kappa shape index (κ3) is 15.9. The van der Waals surface area contributed by atoms with Gasteiger partial charge in [-0.25, -0.2) is 0 Å². The molecule has 0 aromatic carbocycles. The van der Waals surface area contributed by atoms with Crippen molar-refractivity contribution in [1.82, 2.24) is 16.0 Å². The van der Waals surface area contributed by atoms with Crippen LogP contribution in [-0.4, -0.2) is 39.3 Å². The van der Waals surface area contributed by atoms with E-state index in [1.54, 1.807) is 0 Å². The van der Waals surface area contributed by atoms with E-state index in [9.17, 15) is 0 Å². The highest BCUT2D eigenvalue weighted by atomic mass is 14.9. The molecule has 0 saturated heterocycles. The molecule has 104 valence electrons. The molecule has 0 aliphatic heterocycles. The number of hydrogen-bond acceptors (Lipinski definition) is 3. The van der Waals surface area contributed by atoms with Crippen molar-refractivity contribution in [3.8, 4) is 0 Å². The fourth-order valence-electron chi connectivity index (χ4n) is 1.73. The third-order valence-corrected chi connectivity index (χ3v) is 2.87. The van der Waals surface area contributed by atoms with E-state index < -0.39 is 0 Å². The molecule has 0 spiro atoms. The summed E-state index contributed by atoms with van der Waals surface area (Å²) in [5, 5.41) is 10.3. The summed E-state index contributed by atoms with van der Waals surface area (Å²) in [6.45, 7) is 11.4. The summed E-state index contributed by atoms with van der Waals surface area (Å²) in [6, 6.07) is 0. The second-order valence-electron chi connectivity index (χ2n) is 4.62. The zero-order valence-corrected chi connectivity index (χ0v) is 12.0. The predicted molar refractivity (Wildman–Crippen MR) is 77.7 cm³/mol. The smallest absolute Gasteiger partial charge is 0.00484 e. The van der Waals surface area contributed by atoms with Gasteiger partial charge in [-0.3, -0.25) is 0 Å². The molecule has 0 fully saturated rings. The maximum atomic E-state index is 3.51. The lowest BCUT2D eigenvalue weighted by Crippen LogP contribution is -2.21. The molecule has 0 rings (SSSR count). The van der Waals surface area contributed by atoms with Gasteiger partial charge in [0.15, 0.2) is 0 Å². The van der Waals surface area contributed by atoms with Crippen LogP contribution < -0.4 is 16.0 Å². The zero-order valence-electron chi connectivity index (χ0n) is 12.0. The molecule has 3 heteroatoms. The van der Waals surface area contributed by atoms with E-state index >= 15 is 0 Å². The Bertz CT molecular complexity index is 115. The Balaban J connectivity index is 2.85. The second-order valence-corrected chi connectivity index (χ2v) is 4.62. The van der Waals surface area contributed by atoms with Crippen molar-refractivity contribution in [1.29, 1.82) is 0 Å². The summed E-state index contributed by atoms with van der Waals surface area (Å²) in [5.74, 6) is 0. The fraction of sp³-hybridized carbons (Fsp3) is 1.00. The number of nitrogens with one attached hydrogen (secondary N) is 3. The minimum absolute atomic E-state index is 1.10. The van der Waals surface area contributed by atoms with Crippen LogP contribution in [0.2, 0.25) is 0 Å². The van der Waals surface area contributed by atoms with Crippen molar-refractivity contribution < 1.29 is 0 Å². The lowest BCUT2D eigenvalue weighted by atomic mass is 10.2. The van der Waals surface area contributed by atoms with Gasteiger partial charge in [0.25, 0.3) is 0 Å². The van der Waals surface area contributed by atoms with E-state index in [0.29, 0.717) is 0 Å². The predicted octanol–water partition coefficient (Wildman–Crippen LogP) is 2.14. The Morgan fingerprint density at radius 2 is 0.941 bits per heavy atom. The van der Waals surface area contributed by atoms with Crippen molar-refractivity contribution in [3.05, 3.63) is 0 Å². The zero-order chi connectivity index (χ0) is 12.6. The van der Waals surface area contributed by atoms with Crippen LogP contribution in [0.4, 0.5) is 0 Å². The summed E-state index contributed by atoms with van der Waals surface area (Å²) in [4.78, 5) is 0. The summed E-state index contributed by atoms with van der Waals surface area (Å²) in [7, 11) is 0. The molecule has 0 heterocycles. The maximum Gasteiger partial charge on any atom is -0.00484 e. The molecule has 0 bridgehead atoms. The molecule has 0 aromatic rings. The fourth-order valence-corrected chi connectivity index (χ4v) is 1.73. The van der Waals surface area contributed by atoms with Crippen LogP contribution in [0.3, 0.4) is 0 Å². The lowest BCUT2D eigenvalue weighted by Gasteiger charge is -2.06. The number of rotatable bonds is 14. The molecule has 0 amide bonds. The Hall–Kier alpha value is -0.120. The van der Waals surface area contributed by atoms with Crippen LogP contribution >= 0.6 is 0 Å². The number of unbranched alkanes of at least 4 members (excludes halogenated alkanes) is 3. The Morgan fingerprint density at radius 3 is 1.35 bits per heavy atom. The number of hydrogen-bond donors (Lipinski definition) is 3. The van der Waals surface area contributed by atoms with Crippen LogP contribution in [0.15, 0.2) is 0 Å². The van der Waals surface area contributed by atoms with Gasteiger partial charge >= 0.3 is 0 Å². The summed E-state index contributed by atoms with van der Waals surface area (Å²) < 4.78 is 0. The highest BCUT2D eigenvalue weighted by molar-refractivity contribution is 4.53. The topological polar surface area (TPSA) is 36.1 Å². The maximum absolute atomic E-state index is 3.51. The first-order chi connectivity index (χ1) is 8.41. The first-order valence-electron chi connectivity index (χ1n) is 7.54. The quantitative estimate of drug-likeness (QED) is 0.409. The van der Waals surface area contributed by atoms with Crippen LogP contribution in [0, 0.1) is 0 Å². The first kappa shape index (κ1) is 16.9. The van der Waals surface area contributed by atoms with Crippen molar-refractivity contribution in [2.45, 2.75) is 52.4 Å². The van der Waals surface area contributed by atoms with Gasteiger partial charge in [0.1, 0.15) is 0 Å². The summed E-state index contributed by atoms with van der Waals surface area (Å²) in [6.07, 6.45) is 7.78. The van der Waals surface area contributed by atoms with Crippen LogP contribution in [0.5, 0.6) is 0 Å². The van der Waals surface area contributed by atoms with Gasteiger partial charge in [0.2, 0.25) is 0 Å². The minimum Gasteiger partial charge on any atom is -0.317 e. The van der Waals surface area contributed by atoms with Crippen molar-refractivity contribution in [3.63, 3.8) is 0 Å². The Labute approximate surface area is 108 Å². The molecule has 0 unspecified atom stereocenters. The monoisotopic (exact) mass is 243 g/mol. The molecule has 3 nitrogen and oxygen atoms in total. The molecular formula is C14H33N3. The highest BCUT2D eigenvalue weighted by Crippen LogP contribution is 1.88. The molecule has 0 radical (unpaired) electrons. The molecule has 0 atom stereocenters. The van der Waals surface area contributed by atoms with Gasteiger partial charge in [-0.15, -0.1) is 0 Å². The molecular weight excluding hydrogens is 210 g/mol.